The molecule has 1 N–H and O–H groups in total. The summed E-state index contributed by atoms with van der Waals surface area (Å²) >= 11 is 5.08. The van der Waals surface area contributed by atoms with Crippen LogP contribution in [0.25, 0.3) is 0 Å². The molecule has 0 saturated heterocycles. The third-order valence-electron chi connectivity index (χ3n) is 2.51. The molecule has 2 nitrogen and oxygen atoms in total. The van der Waals surface area contributed by atoms with E-state index >= 15 is 0 Å². The summed E-state index contributed by atoms with van der Waals surface area (Å²) in [5.74, 6) is -0.00646. The fourth-order valence-electron chi connectivity index (χ4n) is 1.62. The van der Waals surface area contributed by atoms with Gasteiger partial charge in [0.2, 0.25) is 0 Å². The third-order valence-corrected chi connectivity index (χ3v) is 4.13. The zero-order valence-corrected chi connectivity index (χ0v) is 12.3. The Balaban J connectivity index is 1.94. The second-order valence-corrected chi connectivity index (χ2v) is 6.29. The number of hydrogen-bond acceptors (Lipinski definition) is 3. The maximum atomic E-state index is 13.8. The van der Waals surface area contributed by atoms with Crippen LogP contribution in [0.3, 0.4) is 0 Å². The quantitative estimate of drug-likeness (QED) is 0.896. The highest BCUT2D eigenvalue weighted by atomic mass is 79.9. The molecule has 18 heavy (non-hydrogen) atoms. The van der Waals surface area contributed by atoms with Crippen molar-refractivity contribution >= 4 is 27.3 Å². The summed E-state index contributed by atoms with van der Waals surface area (Å²) in [6.45, 7) is 1.21. The van der Waals surface area contributed by atoms with Gasteiger partial charge in [-0.1, -0.05) is 12.1 Å². The van der Waals surface area contributed by atoms with Gasteiger partial charge >= 0.3 is 0 Å². The first kappa shape index (κ1) is 13.5. The van der Waals surface area contributed by atoms with Crippen molar-refractivity contribution < 1.29 is 9.13 Å². The largest absolute Gasteiger partial charge is 0.494 e. The molecule has 0 fully saturated rings. The normalized spacial score (nSPS) is 10.6. The highest BCUT2D eigenvalue weighted by molar-refractivity contribution is 9.11. The zero-order chi connectivity index (χ0) is 13.0. The zero-order valence-electron chi connectivity index (χ0n) is 9.87. The Morgan fingerprint density at radius 2 is 2.11 bits per heavy atom. The number of methoxy groups -OCH3 is 1. The van der Waals surface area contributed by atoms with E-state index in [0.29, 0.717) is 12.1 Å². The van der Waals surface area contributed by atoms with E-state index in [1.807, 2.05) is 12.1 Å². The summed E-state index contributed by atoms with van der Waals surface area (Å²) in [7, 11) is 1.47. The highest BCUT2D eigenvalue weighted by Gasteiger charge is 2.07. The Morgan fingerprint density at radius 1 is 1.28 bits per heavy atom. The van der Waals surface area contributed by atoms with Crippen molar-refractivity contribution in [3.05, 3.63) is 50.4 Å². The lowest BCUT2D eigenvalue weighted by Crippen LogP contribution is -2.13. The number of nitrogens with one attached hydrogen (secondary N) is 1. The van der Waals surface area contributed by atoms with Crippen LogP contribution in [-0.2, 0) is 13.1 Å². The average molecular weight is 330 g/mol. The molecule has 0 aliphatic heterocycles. The molecular weight excluding hydrogens is 317 g/mol. The summed E-state index contributed by atoms with van der Waals surface area (Å²) < 4.78 is 19.9. The minimum Gasteiger partial charge on any atom is -0.494 e. The van der Waals surface area contributed by atoms with E-state index in [1.165, 1.54) is 12.0 Å². The minimum atomic E-state index is -0.292. The average Bonchev–Trinajstić information content (AvgIpc) is 2.77. The monoisotopic (exact) mass is 329 g/mol. The Kier molecular flexibility index (Phi) is 4.74. The fourth-order valence-corrected chi connectivity index (χ4v) is 3.07. The molecule has 0 radical (unpaired) electrons. The van der Waals surface area contributed by atoms with Gasteiger partial charge in [0, 0.05) is 23.5 Å². The van der Waals surface area contributed by atoms with Gasteiger partial charge in [0.15, 0.2) is 11.6 Å². The molecule has 1 aromatic carbocycles. The molecule has 0 spiro atoms. The fraction of sp³-hybridized carbons (Fsp3) is 0.231. The lowest BCUT2D eigenvalue weighted by molar-refractivity contribution is 0.383. The van der Waals surface area contributed by atoms with E-state index < -0.39 is 0 Å². The summed E-state index contributed by atoms with van der Waals surface area (Å²) in [4.78, 5) is 1.21. The summed E-state index contributed by atoms with van der Waals surface area (Å²) in [5.41, 5.74) is 0.616. The first-order chi connectivity index (χ1) is 8.70. The van der Waals surface area contributed by atoms with E-state index in [4.69, 9.17) is 4.74 Å². The number of ether oxygens (including phenoxy) is 1. The first-order valence-electron chi connectivity index (χ1n) is 5.47. The van der Waals surface area contributed by atoms with Crippen LogP contribution in [0.1, 0.15) is 10.4 Å². The van der Waals surface area contributed by atoms with Crippen LogP contribution >= 0.6 is 27.3 Å². The van der Waals surface area contributed by atoms with Crippen molar-refractivity contribution in [1.29, 1.82) is 0 Å². The predicted octanol–water partition coefficient (Wildman–Crippen LogP) is 3.95. The van der Waals surface area contributed by atoms with Crippen molar-refractivity contribution in [2.24, 2.45) is 0 Å². The van der Waals surface area contributed by atoms with Crippen LogP contribution in [0.2, 0.25) is 0 Å². The number of thiophene rings is 1. The molecule has 2 aromatic rings. The van der Waals surface area contributed by atoms with Crippen molar-refractivity contribution in [3.63, 3.8) is 0 Å². The van der Waals surface area contributed by atoms with Crippen LogP contribution < -0.4 is 10.1 Å². The van der Waals surface area contributed by atoms with Gasteiger partial charge in [-0.05, 0) is 34.1 Å². The molecule has 96 valence electrons. The van der Waals surface area contributed by atoms with Crippen molar-refractivity contribution in [2.45, 2.75) is 13.1 Å². The highest BCUT2D eigenvalue weighted by Crippen LogP contribution is 2.22. The van der Waals surface area contributed by atoms with E-state index in [9.17, 15) is 4.39 Å². The van der Waals surface area contributed by atoms with Gasteiger partial charge in [0.25, 0.3) is 0 Å². The first-order valence-corrected chi connectivity index (χ1v) is 7.08. The standard InChI is InChI=1S/C13H13BrFNOS/c1-17-11-4-2-3-9(13(11)15)7-16-8-10-5-6-12(14)18-10/h2-6,16H,7-8H2,1H3. The number of hydrogen-bond donors (Lipinski definition) is 1. The Hall–Kier alpha value is -0.910. The Bertz CT molecular complexity index is 529. The molecule has 1 aromatic heterocycles. The Labute approximate surface area is 118 Å². The van der Waals surface area contributed by atoms with E-state index in [2.05, 4.69) is 21.2 Å². The van der Waals surface area contributed by atoms with Crippen LogP contribution in [0.4, 0.5) is 4.39 Å². The van der Waals surface area contributed by atoms with Crippen molar-refractivity contribution in [1.82, 2.24) is 5.32 Å². The van der Waals surface area contributed by atoms with E-state index in [-0.39, 0.29) is 11.6 Å². The summed E-state index contributed by atoms with van der Waals surface area (Å²) in [5, 5.41) is 3.22. The van der Waals surface area contributed by atoms with Crippen LogP contribution in [0.5, 0.6) is 5.75 Å². The summed E-state index contributed by atoms with van der Waals surface area (Å²) in [6.07, 6.45) is 0. The van der Waals surface area contributed by atoms with E-state index in [0.717, 1.165) is 10.3 Å². The van der Waals surface area contributed by atoms with E-state index in [1.54, 1.807) is 29.5 Å². The van der Waals surface area contributed by atoms with Gasteiger partial charge in [-0.2, -0.15) is 0 Å². The molecule has 5 heteroatoms. The second kappa shape index (κ2) is 6.31. The maximum absolute atomic E-state index is 13.8. The van der Waals surface area contributed by atoms with Gasteiger partial charge in [0.05, 0.1) is 10.9 Å². The number of benzene rings is 1. The van der Waals surface area contributed by atoms with Crippen molar-refractivity contribution in [3.8, 4) is 5.75 Å². The molecule has 0 aliphatic rings. The lowest BCUT2D eigenvalue weighted by Gasteiger charge is -2.08. The predicted molar refractivity (Wildman–Crippen MR) is 75.5 cm³/mol. The molecule has 0 aliphatic carbocycles. The molecule has 1 heterocycles. The number of rotatable bonds is 5. The molecule has 0 saturated carbocycles. The lowest BCUT2D eigenvalue weighted by atomic mass is 10.2. The molecule has 2 rings (SSSR count). The van der Waals surface area contributed by atoms with Gasteiger partial charge in [-0.3, -0.25) is 0 Å². The maximum Gasteiger partial charge on any atom is 0.169 e. The number of halogens is 2. The second-order valence-electron chi connectivity index (χ2n) is 3.74. The van der Waals surface area contributed by atoms with Gasteiger partial charge in [-0.25, -0.2) is 4.39 Å². The van der Waals surface area contributed by atoms with Gasteiger partial charge in [0.1, 0.15) is 0 Å². The van der Waals surface area contributed by atoms with Gasteiger partial charge in [-0.15, -0.1) is 11.3 Å². The smallest absolute Gasteiger partial charge is 0.169 e. The Morgan fingerprint density at radius 3 is 2.78 bits per heavy atom. The minimum absolute atomic E-state index is 0.285. The molecule has 0 atom stereocenters. The SMILES string of the molecule is COc1cccc(CNCc2ccc(Br)s2)c1F. The summed E-state index contributed by atoms with van der Waals surface area (Å²) in [6, 6.07) is 9.22. The van der Waals surface area contributed by atoms with Crippen LogP contribution in [0.15, 0.2) is 34.1 Å². The molecule has 0 bridgehead atoms. The molecule has 0 unspecified atom stereocenters. The third kappa shape index (κ3) is 3.31. The van der Waals surface area contributed by atoms with Crippen LogP contribution in [-0.4, -0.2) is 7.11 Å². The van der Waals surface area contributed by atoms with Crippen LogP contribution in [0, 0.1) is 5.82 Å². The molecular formula is C13H13BrFNOS. The molecule has 0 amide bonds. The topological polar surface area (TPSA) is 21.3 Å². The van der Waals surface area contributed by atoms with Crippen molar-refractivity contribution in [2.75, 3.05) is 7.11 Å². The van der Waals surface area contributed by atoms with Gasteiger partial charge < -0.3 is 10.1 Å².